The number of thioether (sulfide) groups is 1. The largest absolute Gasteiger partial charge is 0.548 e. The number of carboxylic acid groups (broad SMARTS) is 1. The molecule has 0 heterocycles. The lowest BCUT2D eigenvalue weighted by atomic mass is 10.2. The normalized spacial score (nSPS) is 23.2. The van der Waals surface area contributed by atoms with E-state index in [1.807, 2.05) is 0 Å². The average Bonchev–Trinajstić information content (AvgIpc) is 2.71. The fourth-order valence-electron chi connectivity index (χ4n) is 2.27. The van der Waals surface area contributed by atoms with E-state index < -0.39 is 26.2 Å². The lowest BCUT2D eigenvalue weighted by Crippen LogP contribution is -2.49. The zero-order valence-electron chi connectivity index (χ0n) is 15.3. The number of nitrogens with one attached hydrogen (secondary N) is 1. The van der Waals surface area contributed by atoms with Crippen molar-refractivity contribution in [3.8, 4) is 0 Å². The van der Waals surface area contributed by atoms with E-state index in [1.165, 1.54) is 18.7 Å². The maximum atomic E-state index is 11.9. The second kappa shape index (κ2) is 8.01. The van der Waals surface area contributed by atoms with Gasteiger partial charge in [-0.2, -0.15) is 11.8 Å². The van der Waals surface area contributed by atoms with Gasteiger partial charge in [-0.05, 0) is 18.1 Å². The van der Waals surface area contributed by atoms with Gasteiger partial charge < -0.3 is 19.6 Å². The Morgan fingerprint density at radius 1 is 1.38 bits per heavy atom. The van der Waals surface area contributed by atoms with Gasteiger partial charge in [-0.1, -0.05) is 20.8 Å². The van der Waals surface area contributed by atoms with Crippen LogP contribution in [0.2, 0.25) is 18.1 Å². The van der Waals surface area contributed by atoms with Crippen LogP contribution in [-0.4, -0.2) is 49.1 Å². The third kappa shape index (κ3) is 5.89. The number of ketones is 1. The van der Waals surface area contributed by atoms with Crippen molar-refractivity contribution in [3.05, 3.63) is 0 Å². The average molecular weight is 375 g/mol. The first-order chi connectivity index (χ1) is 10.8. The second-order valence-corrected chi connectivity index (χ2v) is 13.8. The fourth-order valence-corrected chi connectivity index (χ4v) is 5.05. The summed E-state index contributed by atoms with van der Waals surface area (Å²) in [5.41, 5.74) is 0. The van der Waals surface area contributed by atoms with E-state index in [0.717, 1.165) is 0 Å². The van der Waals surface area contributed by atoms with Crippen molar-refractivity contribution in [1.29, 1.82) is 0 Å². The van der Waals surface area contributed by atoms with Gasteiger partial charge in [-0.3, -0.25) is 9.59 Å². The summed E-state index contributed by atoms with van der Waals surface area (Å²) in [6.07, 6.45) is 0.563. The molecule has 0 aromatic carbocycles. The Labute approximate surface area is 149 Å². The summed E-state index contributed by atoms with van der Waals surface area (Å²) in [6.45, 7) is 12.0. The summed E-state index contributed by atoms with van der Waals surface area (Å²) in [4.78, 5) is 34.1. The molecule has 138 valence electrons. The molecular weight excluding hydrogens is 346 g/mol. The van der Waals surface area contributed by atoms with Gasteiger partial charge >= 0.3 is 0 Å². The fraction of sp³-hybridized carbons (Fsp3) is 0.812. The molecule has 1 rings (SSSR count). The van der Waals surface area contributed by atoms with Crippen LogP contribution < -0.4 is 10.4 Å². The first-order valence-electron chi connectivity index (χ1n) is 8.12. The Morgan fingerprint density at radius 3 is 2.42 bits per heavy atom. The monoisotopic (exact) mass is 374 g/mol. The summed E-state index contributed by atoms with van der Waals surface area (Å²) in [5, 5.41) is 13.4. The number of rotatable bonds is 7. The lowest BCUT2D eigenvalue weighted by Gasteiger charge is -2.39. The lowest BCUT2D eigenvalue weighted by molar-refractivity contribution is -0.307. The number of Topliss-reactive ketones (excluding diaryl/α,β-unsaturated/α-hetero) is 1. The van der Waals surface area contributed by atoms with E-state index in [-0.39, 0.29) is 27.9 Å². The molecule has 1 amide bonds. The summed E-state index contributed by atoms with van der Waals surface area (Å²) in [5.74, 6) is -1.43. The molecular formula is C16H28NO5SSi-. The van der Waals surface area contributed by atoms with Gasteiger partial charge in [-0.25, -0.2) is 0 Å². The number of hydrogen-bond acceptors (Lipinski definition) is 6. The standard InChI is InChI=1S/C16H29NO5SSi/c1-10(18)17-12(15(20)21)9-23-14-8-11(19)7-13(14)22-24(5,6)16(2,3)4/h12-14H,7-9H2,1-6H3,(H,17,18)(H,20,21)/p-1/t12-,13-,14-/m0/s1. The molecule has 1 N–H and O–H groups in total. The Balaban J connectivity index is 2.73. The van der Waals surface area contributed by atoms with Crippen molar-refractivity contribution in [2.24, 2.45) is 0 Å². The molecule has 0 aromatic rings. The first kappa shape index (κ1) is 21.2. The molecule has 0 spiro atoms. The van der Waals surface area contributed by atoms with Crippen molar-refractivity contribution in [3.63, 3.8) is 0 Å². The van der Waals surface area contributed by atoms with Crippen LogP contribution in [0, 0.1) is 0 Å². The van der Waals surface area contributed by atoms with Crippen molar-refractivity contribution >= 4 is 37.7 Å². The summed E-state index contributed by atoms with van der Waals surface area (Å²) in [7, 11) is -2.01. The topological polar surface area (TPSA) is 95.5 Å². The summed E-state index contributed by atoms with van der Waals surface area (Å²) < 4.78 is 6.37. The van der Waals surface area contributed by atoms with Crippen LogP contribution in [0.1, 0.15) is 40.5 Å². The molecule has 0 unspecified atom stereocenters. The SMILES string of the molecule is CC(=O)N[C@@H](CS[C@H]1CC(=O)C[C@@H]1O[Si](C)(C)C(C)(C)C)C(=O)[O-]. The van der Waals surface area contributed by atoms with E-state index in [4.69, 9.17) is 4.43 Å². The Bertz CT molecular complexity index is 503. The molecule has 0 bridgehead atoms. The maximum absolute atomic E-state index is 11.9. The van der Waals surface area contributed by atoms with E-state index in [9.17, 15) is 19.5 Å². The molecule has 0 aromatic heterocycles. The van der Waals surface area contributed by atoms with E-state index in [0.29, 0.717) is 12.8 Å². The molecule has 1 fully saturated rings. The van der Waals surface area contributed by atoms with Gasteiger partial charge in [0.15, 0.2) is 8.32 Å². The Kier molecular flexibility index (Phi) is 7.07. The summed E-state index contributed by atoms with van der Waals surface area (Å²) in [6, 6.07) is -1.06. The highest BCUT2D eigenvalue weighted by Crippen LogP contribution is 2.41. The third-order valence-corrected chi connectivity index (χ3v) is 10.6. The van der Waals surface area contributed by atoms with Crippen molar-refractivity contribution < 1.29 is 23.9 Å². The smallest absolute Gasteiger partial charge is 0.217 e. The van der Waals surface area contributed by atoms with Gasteiger partial charge in [0.05, 0.1) is 18.1 Å². The maximum Gasteiger partial charge on any atom is 0.217 e. The van der Waals surface area contributed by atoms with Crippen LogP contribution in [0.3, 0.4) is 0 Å². The minimum atomic E-state index is -2.01. The van der Waals surface area contributed by atoms with Crippen molar-refractivity contribution in [2.45, 2.75) is 76.1 Å². The first-order valence-corrected chi connectivity index (χ1v) is 12.1. The van der Waals surface area contributed by atoms with Crippen LogP contribution in [0.15, 0.2) is 0 Å². The highest BCUT2D eigenvalue weighted by molar-refractivity contribution is 8.00. The molecule has 0 saturated heterocycles. The van der Waals surface area contributed by atoms with E-state index in [1.54, 1.807) is 0 Å². The molecule has 0 aliphatic heterocycles. The number of carboxylic acids is 1. The van der Waals surface area contributed by atoms with Crippen LogP contribution >= 0.6 is 11.8 Å². The van der Waals surface area contributed by atoms with Crippen LogP contribution in [0.4, 0.5) is 0 Å². The third-order valence-electron chi connectivity index (χ3n) is 4.66. The molecule has 0 radical (unpaired) electrons. The van der Waals surface area contributed by atoms with Gasteiger partial charge in [0.2, 0.25) is 5.91 Å². The molecule has 1 saturated carbocycles. The number of amides is 1. The highest BCUT2D eigenvalue weighted by atomic mass is 32.2. The Hall–Kier alpha value is -0.863. The predicted molar refractivity (Wildman–Crippen MR) is 95.2 cm³/mol. The van der Waals surface area contributed by atoms with Crippen LogP contribution in [-0.2, 0) is 18.8 Å². The van der Waals surface area contributed by atoms with Crippen LogP contribution in [0.5, 0.6) is 0 Å². The predicted octanol–water partition coefficient (Wildman–Crippen LogP) is 1.10. The van der Waals surface area contributed by atoms with E-state index in [2.05, 4.69) is 39.2 Å². The van der Waals surface area contributed by atoms with Gasteiger partial charge in [0.25, 0.3) is 0 Å². The van der Waals surface area contributed by atoms with Gasteiger partial charge in [0.1, 0.15) is 5.78 Å². The molecule has 6 nitrogen and oxygen atoms in total. The number of hydrogen-bond donors (Lipinski definition) is 1. The van der Waals surface area contributed by atoms with Gasteiger partial charge in [-0.15, -0.1) is 0 Å². The minimum Gasteiger partial charge on any atom is -0.548 e. The molecule has 1 aliphatic rings. The van der Waals surface area contributed by atoms with Crippen molar-refractivity contribution in [2.75, 3.05) is 5.75 Å². The number of carbonyl (C=O) groups excluding carboxylic acids is 3. The molecule has 3 atom stereocenters. The van der Waals surface area contributed by atoms with E-state index >= 15 is 0 Å². The Morgan fingerprint density at radius 2 is 1.96 bits per heavy atom. The molecule has 1 aliphatic carbocycles. The van der Waals surface area contributed by atoms with Crippen molar-refractivity contribution in [1.82, 2.24) is 5.32 Å². The second-order valence-electron chi connectivity index (χ2n) is 7.81. The van der Waals surface area contributed by atoms with Gasteiger partial charge in [0, 0.05) is 30.8 Å². The number of aliphatic carboxylic acids is 1. The zero-order valence-corrected chi connectivity index (χ0v) is 17.1. The quantitative estimate of drug-likeness (QED) is 0.670. The molecule has 8 heteroatoms. The zero-order chi connectivity index (χ0) is 18.7. The molecule has 24 heavy (non-hydrogen) atoms. The number of carbonyl (C=O) groups is 3. The highest BCUT2D eigenvalue weighted by Gasteiger charge is 2.44. The minimum absolute atomic E-state index is 0.0392. The summed E-state index contributed by atoms with van der Waals surface area (Å²) >= 11 is 1.37. The van der Waals surface area contributed by atoms with Crippen LogP contribution in [0.25, 0.3) is 0 Å².